The lowest BCUT2D eigenvalue weighted by molar-refractivity contribution is -0.109. The lowest BCUT2D eigenvalue weighted by atomic mass is 10.1. The molecule has 0 aliphatic carbocycles. The summed E-state index contributed by atoms with van der Waals surface area (Å²) in [4.78, 5) is 10.7. The maximum atomic E-state index is 10.7. The normalized spacial score (nSPS) is 12.1. The van der Waals surface area contributed by atoms with E-state index in [-0.39, 0.29) is 6.04 Å². The van der Waals surface area contributed by atoms with E-state index >= 15 is 0 Å². The first-order valence-corrected chi connectivity index (χ1v) is 4.67. The van der Waals surface area contributed by atoms with E-state index in [4.69, 9.17) is 4.74 Å². The fourth-order valence-electron chi connectivity index (χ4n) is 1.25. The van der Waals surface area contributed by atoms with Gasteiger partial charge in [0, 0.05) is 0 Å². The van der Waals surface area contributed by atoms with Gasteiger partial charge in [0.05, 0.1) is 12.6 Å². The van der Waals surface area contributed by atoms with Gasteiger partial charge in [-0.05, 0) is 31.7 Å². The third-order valence-electron chi connectivity index (χ3n) is 2.00. The minimum Gasteiger partial charge on any atom is -0.494 e. The van der Waals surface area contributed by atoms with Crippen LogP contribution in [0.15, 0.2) is 24.3 Å². The summed E-state index contributed by atoms with van der Waals surface area (Å²) >= 11 is 0. The Hall–Kier alpha value is -1.35. The van der Waals surface area contributed by atoms with E-state index in [0.717, 1.165) is 17.6 Å². The van der Waals surface area contributed by atoms with Gasteiger partial charge in [-0.15, -0.1) is 0 Å². The number of benzene rings is 1. The lowest BCUT2D eigenvalue weighted by Gasteiger charge is -2.09. The number of carbonyl (C=O) groups excluding carboxylic acids is 1. The molecule has 0 saturated carbocycles. The molecule has 3 nitrogen and oxygen atoms in total. The van der Waals surface area contributed by atoms with Crippen LogP contribution in [-0.4, -0.2) is 19.9 Å². The second-order valence-corrected chi connectivity index (χ2v) is 2.90. The van der Waals surface area contributed by atoms with Crippen molar-refractivity contribution in [2.24, 2.45) is 0 Å². The van der Waals surface area contributed by atoms with E-state index in [9.17, 15) is 4.79 Å². The highest BCUT2D eigenvalue weighted by Crippen LogP contribution is 2.16. The van der Waals surface area contributed by atoms with Crippen molar-refractivity contribution in [1.82, 2.24) is 5.32 Å². The molecule has 1 aromatic carbocycles. The highest BCUT2D eigenvalue weighted by Gasteiger charge is 2.06. The molecule has 0 bridgehead atoms. The molecule has 0 amide bonds. The Morgan fingerprint density at radius 2 is 2.07 bits per heavy atom. The predicted octanol–water partition coefficient (Wildman–Crippen LogP) is 1.54. The third kappa shape index (κ3) is 2.57. The van der Waals surface area contributed by atoms with Gasteiger partial charge in [0.25, 0.3) is 0 Å². The van der Waals surface area contributed by atoms with E-state index < -0.39 is 0 Å². The van der Waals surface area contributed by atoms with Crippen LogP contribution in [0.3, 0.4) is 0 Å². The molecule has 3 heteroatoms. The van der Waals surface area contributed by atoms with Gasteiger partial charge in [0.2, 0.25) is 0 Å². The number of hydrogen-bond acceptors (Lipinski definition) is 3. The Kier molecular flexibility index (Phi) is 4.13. The summed E-state index contributed by atoms with van der Waals surface area (Å²) in [6, 6.07) is 7.28. The minimum atomic E-state index is -0.231. The predicted molar refractivity (Wildman–Crippen MR) is 55.5 cm³/mol. The molecule has 0 aromatic heterocycles. The van der Waals surface area contributed by atoms with Crippen LogP contribution in [0.4, 0.5) is 0 Å². The summed E-state index contributed by atoms with van der Waals surface area (Å²) in [5.74, 6) is 0.831. The summed E-state index contributed by atoms with van der Waals surface area (Å²) in [6.07, 6.45) is 0.885. The number of carbonyl (C=O) groups is 1. The van der Waals surface area contributed by atoms with Crippen LogP contribution in [-0.2, 0) is 4.79 Å². The van der Waals surface area contributed by atoms with Crippen molar-refractivity contribution < 1.29 is 9.53 Å². The van der Waals surface area contributed by atoms with Crippen molar-refractivity contribution in [3.63, 3.8) is 0 Å². The molecular weight excluding hydrogens is 178 g/mol. The van der Waals surface area contributed by atoms with Gasteiger partial charge < -0.3 is 14.8 Å². The molecule has 1 rings (SSSR count). The molecule has 0 aliphatic rings. The summed E-state index contributed by atoms with van der Waals surface area (Å²) in [5, 5.41) is 2.91. The first kappa shape index (κ1) is 10.7. The van der Waals surface area contributed by atoms with Gasteiger partial charge in [-0.25, -0.2) is 0 Å². The molecule has 76 valence electrons. The second kappa shape index (κ2) is 5.40. The van der Waals surface area contributed by atoms with Crippen LogP contribution in [0.5, 0.6) is 5.75 Å². The molecule has 1 atom stereocenters. The number of rotatable bonds is 5. The number of likely N-dealkylation sites (N-methyl/N-ethyl adjacent to an activating group) is 1. The second-order valence-electron chi connectivity index (χ2n) is 2.90. The Labute approximate surface area is 84.1 Å². The smallest absolute Gasteiger partial charge is 0.141 e. The van der Waals surface area contributed by atoms with Gasteiger partial charge >= 0.3 is 0 Å². The SMILES string of the molecule is CCOc1ccc(C(C=O)NC)cc1. The first-order valence-electron chi connectivity index (χ1n) is 4.67. The van der Waals surface area contributed by atoms with Crippen molar-refractivity contribution in [2.45, 2.75) is 13.0 Å². The fourth-order valence-corrected chi connectivity index (χ4v) is 1.25. The van der Waals surface area contributed by atoms with Gasteiger partial charge in [-0.1, -0.05) is 12.1 Å². The minimum absolute atomic E-state index is 0.231. The van der Waals surface area contributed by atoms with Crippen LogP contribution in [0.2, 0.25) is 0 Å². The molecule has 0 fully saturated rings. The van der Waals surface area contributed by atoms with Gasteiger partial charge in [0.1, 0.15) is 12.0 Å². The van der Waals surface area contributed by atoms with E-state index in [2.05, 4.69) is 5.32 Å². The molecule has 1 aromatic rings. The molecule has 0 saturated heterocycles. The van der Waals surface area contributed by atoms with Crippen molar-refractivity contribution >= 4 is 6.29 Å². The zero-order valence-corrected chi connectivity index (χ0v) is 8.49. The van der Waals surface area contributed by atoms with Crippen molar-refractivity contribution in [2.75, 3.05) is 13.7 Å². The first-order chi connectivity index (χ1) is 6.81. The Bertz CT molecular complexity index is 282. The fraction of sp³-hybridized carbons (Fsp3) is 0.364. The summed E-state index contributed by atoms with van der Waals surface area (Å²) < 4.78 is 5.30. The van der Waals surface area contributed by atoms with Crippen LogP contribution in [0.1, 0.15) is 18.5 Å². The molecule has 0 heterocycles. The van der Waals surface area contributed by atoms with Crippen LogP contribution in [0, 0.1) is 0 Å². The number of aldehydes is 1. The molecular formula is C11H15NO2. The van der Waals surface area contributed by atoms with Crippen LogP contribution >= 0.6 is 0 Å². The van der Waals surface area contributed by atoms with Crippen molar-refractivity contribution in [3.8, 4) is 5.75 Å². The van der Waals surface area contributed by atoms with Crippen molar-refractivity contribution in [1.29, 1.82) is 0 Å². The highest BCUT2D eigenvalue weighted by atomic mass is 16.5. The van der Waals surface area contributed by atoms with Crippen LogP contribution in [0.25, 0.3) is 0 Å². The Morgan fingerprint density at radius 3 is 2.50 bits per heavy atom. The molecule has 14 heavy (non-hydrogen) atoms. The highest BCUT2D eigenvalue weighted by molar-refractivity contribution is 5.61. The number of ether oxygens (including phenoxy) is 1. The molecule has 0 radical (unpaired) electrons. The average molecular weight is 193 g/mol. The molecule has 1 N–H and O–H groups in total. The molecule has 1 unspecified atom stereocenters. The largest absolute Gasteiger partial charge is 0.494 e. The maximum absolute atomic E-state index is 10.7. The average Bonchev–Trinajstić information content (AvgIpc) is 2.23. The van der Waals surface area contributed by atoms with E-state index in [1.54, 1.807) is 7.05 Å². The van der Waals surface area contributed by atoms with E-state index in [0.29, 0.717) is 6.61 Å². The topological polar surface area (TPSA) is 38.3 Å². The molecule has 0 spiro atoms. The van der Waals surface area contributed by atoms with Crippen LogP contribution < -0.4 is 10.1 Å². The Morgan fingerprint density at radius 1 is 1.43 bits per heavy atom. The standard InChI is InChI=1S/C11H15NO2/c1-3-14-10-6-4-9(5-7-10)11(8-13)12-2/h4-8,11-12H,3H2,1-2H3. The monoisotopic (exact) mass is 193 g/mol. The van der Waals surface area contributed by atoms with Gasteiger partial charge in [-0.3, -0.25) is 0 Å². The molecule has 0 aliphatic heterocycles. The summed E-state index contributed by atoms with van der Waals surface area (Å²) in [7, 11) is 1.76. The number of hydrogen-bond donors (Lipinski definition) is 1. The third-order valence-corrected chi connectivity index (χ3v) is 2.00. The van der Waals surface area contributed by atoms with Gasteiger partial charge in [-0.2, -0.15) is 0 Å². The quantitative estimate of drug-likeness (QED) is 0.721. The van der Waals surface area contributed by atoms with Crippen molar-refractivity contribution in [3.05, 3.63) is 29.8 Å². The summed E-state index contributed by atoms with van der Waals surface area (Å²) in [5.41, 5.74) is 0.950. The van der Waals surface area contributed by atoms with E-state index in [1.807, 2.05) is 31.2 Å². The zero-order chi connectivity index (χ0) is 10.4. The Balaban J connectivity index is 2.76. The lowest BCUT2D eigenvalue weighted by Crippen LogP contribution is -2.17. The van der Waals surface area contributed by atoms with Gasteiger partial charge in [0.15, 0.2) is 0 Å². The summed E-state index contributed by atoms with van der Waals surface area (Å²) in [6.45, 7) is 2.60. The number of nitrogens with one attached hydrogen (secondary N) is 1. The van der Waals surface area contributed by atoms with E-state index in [1.165, 1.54) is 0 Å². The maximum Gasteiger partial charge on any atom is 0.141 e. The zero-order valence-electron chi connectivity index (χ0n) is 8.49.